The van der Waals surface area contributed by atoms with E-state index < -0.39 is 6.04 Å². The van der Waals surface area contributed by atoms with E-state index in [0.29, 0.717) is 0 Å². The minimum absolute atomic E-state index is 0.265. The highest BCUT2D eigenvalue weighted by Crippen LogP contribution is 2.27. The molecule has 1 heterocycles. The molecule has 0 radical (unpaired) electrons. The molecule has 0 aliphatic carbocycles. The molecule has 2 aromatic rings. The van der Waals surface area contributed by atoms with E-state index in [9.17, 15) is 4.39 Å². The van der Waals surface area contributed by atoms with Gasteiger partial charge in [-0.2, -0.15) is 5.10 Å². The van der Waals surface area contributed by atoms with Crippen LogP contribution in [-0.4, -0.2) is 9.78 Å². The molecule has 0 saturated heterocycles. The van der Waals surface area contributed by atoms with Crippen LogP contribution in [0, 0.1) is 12.7 Å². The molecule has 0 aliphatic rings. The minimum Gasteiger partial charge on any atom is -0.319 e. The van der Waals surface area contributed by atoms with Crippen LogP contribution in [-0.2, 0) is 6.54 Å². The standard InChI is InChI=1S/C13H15BrFN3/c1-3-18-13(11(14)7-17-18)12(16)9-4-8(2)5-10(15)6-9/h4-7,12H,3,16H2,1-2H3. The first-order valence-electron chi connectivity index (χ1n) is 5.76. The number of hydrogen-bond donors (Lipinski definition) is 1. The molecular weight excluding hydrogens is 297 g/mol. The third kappa shape index (κ3) is 2.47. The first-order chi connectivity index (χ1) is 8.52. The first kappa shape index (κ1) is 13.2. The summed E-state index contributed by atoms with van der Waals surface area (Å²) in [5.74, 6) is -0.265. The maximum Gasteiger partial charge on any atom is 0.123 e. The number of aryl methyl sites for hydroxylation is 2. The Morgan fingerprint density at radius 1 is 1.44 bits per heavy atom. The molecular formula is C13H15BrFN3. The summed E-state index contributed by atoms with van der Waals surface area (Å²) in [6, 6.07) is 4.46. The van der Waals surface area contributed by atoms with Crippen molar-refractivity contribution in [2.45, 2.75) is 26.4 Å². The van der Waals surface area contributed by atoms with E-state index in [-0.39, 0.29) is 5.82 Å². The van der Waals surface area contributed by atoms with Crippen LogP contribution >= 0.6 is 15.9 Å². The third-order valence-electron chi connectivity index (χ3n) is 2.85. The van der Waals surface area contributed by atoms with Gasteiger partial charge in [-0.25, -0.2) is 4.39 Å². The Balaban J connectivity index is 2.47. The second kappa shape index (κ2) is 5.20. The van der Waals surface area contributed by atoms with Crippen molar-refractivity contribution in [2.75, 3.05) is 0 Å². The van der Waals surface area contributed by atoms with E-state index in [1.807, 2.05) is 24.6 Å². The number of nitrogens with zero attached hydrogens (tertiary/aromatic N) is 2. The number of benzene rings is 1. The highest BCUT2D eigenvalue weighted by molar-refractivity contribution is 9.10. The van der Waals surface area contributed by atoms with Gasteiger partial charge in [-0.05, 0) is 53.0 Å². The molecule has 1 aromatic heterocycles. The number of rotatable bonds is 3. The van der Waals surface area contributed by atoms with Crippen LogP contribution in [0.15, 0.2) is 28.9 Å². The fraction of sp³-hybridized carbons (Fsp3) is 0.308. The van der Waals surface area contributed by atoms with Gasteiger partial charge in [0.05, 0.1) is 22.4 Å². The Hall–Kier alpha value is -1.20. The van der Waals surface area contributed by atoms with Crippen LogP contribution in [0.5, 0.6) is 0 Å². The molecule has 0 saturated carbocycles. The summed E-state index contributed by atoms with van der Waals surface area (Å²) in [6.07, 6.45) is 1.71. The van der Waals surface area contributed by atoms with E-state index in [4.69, 9.17) is 5.73 Å². The number of hydrogen-bond acceptors (Lipinski definition) is 2. The second-order valence-electron chi connectivity index (χ2n) is 4.23. The fourth-order valence-electron chi connectivity index (χ4n) is 2.04. The molecule has 1 atom stereocenters. The summed E-state index contributed by atoms with van der Waals surface area (Å²) in [7, 11) is 0. The maximum atomic E-state index is 13.4. The smallest absolute Gasteiger partial charge is 0.123 e. The molecule has 3 nitrogen and oxygen atoms in total. The molecule has 2 N–H and O–H groups in total. The number of halogens is 2. The molecule has 0 aliphatic heterocycles. The number of aromatic nitrogens is 2. The average molecular weight is 312 g/mol. The van der Waals surface area contributed by atoms with E-state index >= 15 is 0 Å². The largest absolute Gasteiger partial charge is 0.319 e. The third-order valence-corrected chi connectivity index (χ3v) is 3.46. The Morgan fingerprint density at radius 2 is 2.17 bits per heavy atom. The van der Waals surface area contributed by atoms with Crippen molar-refractivity contribution in [3.8, 4) is 0 Å². The van der Waals surface area contributed by atoms with Crippen molar-refractivity contribution in [1.29, 1.82) is 0 Å². The summed E-state index contributed by atoms with van der Waals surface area (Å²) in [5.41, 5.74) is 8.70. The molecule has 96 valence electrons. The highest BCUT2D eigenvalue weighted by atomic mass is 79.9. The van der Waals surface area contributed by atoms with Gasteiger partial charge < -0.3 is 5.73 Å². The van der Waals surface area contributed by atoms with E-state index in [0.717, 1.165) is 27.8 Å². The van der Waals surface area contributed by atoms with E-state index in [2.05, 4.69) is 21.0 Å². The molecule has 1 unspecified atom stereocenters. The van der Waals surface area contributed by atoms with Crippen LogP contribution in [0.1, 0.15) is 29.8 Å². The molecule has 0 fully saturated rings. The van der Waals surface area contributed by atoms with Crippen LogP contribution in [0.3, 0.4) is 0 Å². The lowest BCUT2D eigenvalue weighted by molar-refractivity contribution is 0.593. The van der Waals surface area contributed by atoms with Gasteiger partial charge in [0.1, 0.15) is 5.82 Å². The Labute approximate surface area is 114 Å². The molecule has 1 aromatic carbocycles. The first-order valence-corrected chi connectivity index (χ1v) is 6.56. The van der Waals surface area contributed by atoms with Crippen molar-refractivity contribution in [3.05, 3.63) is 51.5 Å². The Kier molecular flexibility index (Phi) is 3.82. The molecule has 18 heavy (non-hydrogen) atoms. The van der Waals surface area contributed by atoms with Crippen molar-refractivity contribution in [3.63, 3.8) is 0 Å². The molecule has 0 spiro atoms. The SMILES string of the molecule is CCn1ncc(Br)c1C(N)c1cc(C)cc(F)c1. The van der Waals surface area contributed by atoms with Crippen molar-refractivity contribution in [2.24, 2.45) is 5.73 Å². The minimum atomic E-state index is -0.392. The lowest BCUT2D eigenvalue weighted by Crippen LogP contribution is -2.18. The van der Waals surface area contributed by atoms with Gasteiger partial charge in [-0.15, -0.1) is 0 Å². The monoisotopic (exact) mass is 311 g/mol. The zero-order valence-electron chi connectivity index (χ0n) is 10.3. The van der Waals surface area contributed by atoms with Gasteiger partial charge in [0.15, 0.2) is 0 Å². The van der Waals surface area contributed by atoms with Crippen LogP contribution < -0.4 is 5.73 Å². The predicted octanol–water partition coefficient (Wildman–Crippen LogP) is 3.16. The predicted molar refractivity (Wildman–Crippen MR) is 72.8 cm³/mol. The van der Waals surface area contributed by atoms with Crippen molar-refractivity contribution >= 4 is 15.9 Å². The van der Waals surface area contributed by atoms with E-state index in [1.165, 1.54) is 12.1 Å². The lowest BCUT2D eigenvalue weighted by Gasteiger charge is -2.15. The highest BCUT2D eigenvalue weighted by Gasteiger charge is 2.18. The fourth-order valence-corrected chi connectivity index (χ4v) is 2.58. The molecule has 0 bridgehead atoms. The lowest BCUT2D eigenvalue weighted by atomic mass is 10.0. The van der Waals surface area contributed by atoms with Gasteiger partial charge in [-0.1, -0.05) is 6.07 Å². The molecule has 0 amide bonds. The van der Waals surface area contributed by atoms with Gasteiger partial charge in [0.25, 0.3) is 0 Å². The van der Waals surface area contributed by atoms with Gasteiger partial charge >= 0.3 is 0 Å². The van der Waals surface area contributed by atoms with Crippen LogP contribution in [0.25, 0.3) is 0 Å². The quantitative estimate of drug-likeness (QED) is 0.946. The average Bonchev–Trinajstić information content (AvgIpc) is 2.68. The van der Waals surface area contributed by atoms with Crippen molar-refractivity contribution in [1.82, 2.24) is 9.78 Å². The van der Waals surface area contributed by atoms with Crippen LogP contribution in [0.4, 0.5) is 4.39 Å². The Morgan fingerprint density at radius 3 is 2.78 bits per heavy atom. The summed E-state index contributed by atoms with van der Waals surface area (Å²) >= 11 is 3.44. The zero-order chi connectivity index (χ0) is 13.3. The summed E-state index contributed by atoms with van der Waals surface area (Å²) < 4.78 is 16.1. The van der Waals surface area contributed by atoms with Gasteiger partial charge in [0.2, 0.25) is 0 Å². The van der Waals surface area contributed by atoms with Crippen LogP contribution in [0.2, 0.25) is 0 Å². The van der Waals surface area contributed by atoms with Gasteiger partial charge in [-0.3, -0.25) is 4.68 Å². The number of nitrogens with two attached hydrogens (primary N) is 1. The normalized spacial score (nSPS) is 12.7. The maximum absolute atomic E-state index is 13.4. The van der Waals surface area contributed by atoms with E-state index in [1.54, 1.807) is 6.20 Å². The zero-order valence-corrected chi connectivity index (χ0v) is 11.9. The topological polar surface area (TPSA) is 43.8 Å². The summed E-state index contributed by atoms with van der Waals surface area (Å²) in [6.45, 7) is 4.57. The van der Waals surface area contributed by atoms with Gasteiger partial charge in [0, 0.05) is 6.54 Å². The van der Waals surface area contributed by atoms with Crippen molar-refractivity contribution < 1.29 is 4.39 Å². The Bertz CT molecular complexity index is 545. The molecule has 2 rings (SSSR count). The summed E-state index contributed by atoms with van der Waals surface area (Å²) in [5, 5.41) is 4.22. The molecule has 5 heteroatoms. The second-order valence-corrected chi connectivity index (χ2v) is 5.09. The summed E-state index contributed by atoms with van der Waals surface area (Å²) in [4.78, 5) is 0.